The van der Waals surface area contributed by atoms with Crippen molar-refractivity contribution in [3.8, 4) is 0 Å². The van der Waals surface area contributed by atoms with Gasteiger partial charge in [0.15, 0.2) is 0 Å². The number of allylic oxidation sites excluding steroid dienone is 2. The van der Waals surface area contributed by atoms with E-state index in [0.29, 0.717) is 0 Å². The van der Waals surface area contributed by atoms with E-state index in [4.69, 9.17) is 0 Å². The molecule has 1 aromatic carbocycles. The molecule has 3 heteroatoms. The van der Waals surface area contributed by atoms with Gasteiger partial charge in [0.25, 0.3) is 0 Å². The fourth-order valence-electron chi connectivity index (χ4n) is 1.87. The Labute approximate surface area is 94.3 Å². The van der Waals surface area contributed by atoms with Gasteiger partial charge in [0.2, 0.25) is 0 Å². The molecule has 0 saturated heterocycles. The zero-order valence-electron chi connectivity index (χ0n) is 8.96. The van der Waals surface area contributed by atoms with Crippen LogP contribution in [0.5, 0.6) is 0 Å². The summed E-state index contributed by atoms with van der Waals surface area (Å²) in [5, 5.41) is 10.6. The number of rotatable bonds is 2. The smallest absolute Gasteiger partial charge is 0.263 e. The van der Waals surface area contributed by atoms with Crippen molar-refractivity contribution < 1.29 is 4.92 Å². The summed E-state index contributed by atoms with van der Waals surface area (Å²) in [4.78, 5) is 10.3. The van der Waals surface area contributed by atoms with E-state index < -0.39 is 0 Å². The van der Waals surface area contributed by atoms with Crippen LogP contribution >= 0.6 is 0 Å². The Morgan fingerprint density at radius 3 is 2.50 bits per heavy atom. The van der Waals surface area contributed by atoms with Gasteiger partial charge in [-0.1, -0.05) is 42.0 Å². The second-order valence-corrected chi connectivity index (χ2v) is 3.82. The van der Waals surface area contributed by atoms with Crippen LogP contribution in [0, 0.1) is 16.2 Å². The molecule has 2 rings (SSSR count). The maximum Gasteiger partial charge on any atom is 0.334 e. The van der Waals surface area contributed by atoms with Gasteiger partial charge in [0, 0.05) is 23.0 Å². The van der Waals surface area contributed by atoms with E-state index in [0.717, 1.165) is 11.1 Å². The van der Waals surface area contributed by atoms with Crippen molar-refractivity contribution in [2.45, 2.75) is 12.8 Å². The Kier molecular flexibility index (Phi) is 2.86. The second-order valence-electron chi connectivity index (χ2n) is 3.82. The van der Waals surface area contributed by atoms with Crippen molar-refractivity contribution in [2.75, 3.05) is 0 Å². The summed E-state index contributed by atoms with van der Waals surface area (Å²) in [6.45, 7) is 1.92. The fourth-order valence-corrected chi connectivity index (χ4v) is 1.87. The summed E-state index contributed by atoms with van der Waals surface area (Å²) in [6.07, 6.45) is 5.09. The highest BCUT2D eigenvalue weighted by atomic mass is 16.6. The number of benzene rings is 1. The molecular weight excluding hydrogens is 202 g/mol. The summed E-state index contributed by atoms with van der Waals surface area (Å²) >= 11 is 0. The van der Waals surface area contributed by atoms with Crippen LogP contribution in [0.25, 0.3) is 0 Å². The van der Waals surface area contributed by atoms with Crippen molar-refractivity contribution >= 4 is 0 Å². The third-order valence-corrected chi connectivity index (χ3v) is 2.70. The predicted molar refractivity (Wildman–Crippen MR) is 62.3 cm³/mol. The van der Waals surface area contributed by atoms with Crippen molar-refractivity contribution in [1.82, 2.24) is 0 Å². The number of hydrogen-bond donors (Lipinski definition) is 0. The minimum absolute atomic E-state index is 0.157. The van der Waals surface area contributed by atoms with E-state index in [-0.39, 0.29) is 16.9 Å². The van der Waals surface area contributed by atoms with Crippen LogP contribution in [0.15, 0.2) is 54.1 Å². The van der Waals surface area contributed by atoms with Crippen LogP contribution < -0.4 is 0 Å². The van der Waals surface area contributed by atoms with Gasteiger partial charge in [-0.3, -0.25) is 10.1 Å². The third kappa shape index (κ3) is 2.03. The normalized spacial score (nSPS) is 20.6. The van der Waals surface area contributed by atoms with Crippen LogP contribution in [-0.2, 0) is 0 Å². The van der Waals surface area contributed by atoms with E-state index >= 15 is 0 Å². The first kappa shape index (κ1) is 10.6. The molecule has 1 aromatic rings. The van der Waals surface area contributed by atoms with Crippen LogP contribution in [-0.4, -0.2) is 4.92 Å². The molecule has 1 radical (unpaired) electrons. The van der Waals surface area contributed by atoms with Gasteiger partial charge in [-0.25, -0.2) is 0 Å². The lowest BCUT2D eigenvalue weighted by molar-refractivity contribution is -0.448. The Hall–Kier alpha value is -1.90. The summed E-state index contributed by atoms with van der Waals surface area (Å²) in [6, 6.07) is 10.1. The highest BCUT2D eigenvalue weighted by Crippen LogP contribution is 2.31. The van der Waals surface area contributed by atoms with Gasteiger partial charge in [0.05, 0.1) is 0 Å². The van der Waals surface area contributed by atoms with Crippen LogP contribution in [0.3, 0.4) is 0 Å². The monoisotopic (exact) mass is 214 g/mol. The molecule has 0 N–H and O–H groups in total. The molecule has 81 valence electrons. The Morgan fingerprint density at radius 1 is 1.25 bits per heavy atom. The summed E-state index contributed by atoms with van der Waals surface area (Å²) in [7, 11) is 0. The molecule has 1 aliphatic rings. The van der Waals surface area contributed by atoms with Crippen molar-refractivity contribution in [3.63, 3.8) is 0 Å². The molecule has 0 aliphatic heterocycles. The summed E-state index contributed by atoms with van der Waals surface area (Å²) < 4.78 is 0. The van der Waals surface area contributed by atoms with Crippen molar-refractivity contribution in [3.05, 3.63) is 75.9 Å². The highest BCUT2D eigenvalue weighted by molar-refractivity contribution is 5.40. The predicted octanol–water partition coefficient (Wildman–Crippen LogP) is 3.09. The van der Waals surface area contributed by atoms with Gasteiger partial charge >= 0.3 is 6.04 Å². The molecule has 1 unspecified atom stereocenters. The summed E-state index contributed by atoms with van der Waals surface area (Å²) in [5.74, 6) is 0.157. The second kappa shape index (κ2) is 4.31. The fraction of sp³-hybridized carbons (Fsp3) is 0.154. The zero-order valence-corrected chi connectivity index (χ0v) is 8.96. The molecule has 0 saturated carbocycles. The minimum atomic E-state index is -0.360. The topological polar surface area (TPSA) is 43.1 Å². The summed E-state index contributed by atoms with van der Waals surface area (Å²) in [5.41, 5.74) is 2.16. The molecule has 0 aromatic heterocycles. The first-order valence-corrected chi connectivity index (χ1v) is 5.11. The molecule has 0 amide bonds. The molecule has 0 heterocycles. The maximum absolute atomic E-state index is 10.6. The first-order valence-electron chi connectivity index (χ1n) is 5.11. The van der Waals surface area contributed by atoms with Gasteiger partial charge in [-0.15, -0.1) is 0 Å². The number of hydrogen-bond acceptors (Lipinski definition) is 2. The van der Waals surface area contributed by atoms with Gasteiger partial charge in [0.1, 0.15) is 0 Å². The Morgan fingerprint density at radius 2 is 1.94 bits per heavy atom. The van der Waals surface area contributed by atoms with Crippen LogP contribution in [0.2, 0.25) is 0 Å². The molecule has 16 heavy (non-hydrogen) atoms. The zero-order chi connectivity index (χ0) is 11.5. The van der Waals surface area contributed by atoms with E-state index in [1.807, 2.05) is 43.3 Å². The molecule has 0 spiro atoms. The standard InChI is InChI=1S/C13H12NO2/c1-10-9-12(14(15)16)7-8-13(10)11-5-3-2-4-6-11/h2-9,13H,1H3. The van der Waals surface area contributed by atoms with E-state index in [1.54, 1.807) is 12.2 Å². The quantitative estimate of drug-likeness (QED) is 0.560. The van der Waals surface area contributed by atoms with E-state index in [9.17, 15) is 10.1 Å². The molecule has 1 atom stereocenters. The largest absolute Gasteiger partial charge is 0.334 e. The Bertz CT molecular complexity index is 448. The maximum atomic E-state index is 10.6. The van der Waals surface area contributed by atoms with Gasteiger partial charge < -0.3 is 0 Å². The molecular formula is C13H12NO2. The number of nitrogens with zero attached hydrogens (tertiary/aromatic N) is 1. The average Bonchev–Trinajstić information content (AvgIpc) is 2.30. The molecule has 1 aliphatic carbocycles. The average molecular weight is 214 g/mol. The van der Waals surface area contributed by atoms with Crippen molar-refractivity contribution in [1.29, 1.82) is 0 Å². The highest BCUT2D eigenvalue weighted by Gasteiger charge is 2.24. The van der Waals surface area contributed by atoms with Gasteiger partial charge in [-0.05, 0) is 12.5 Å². The molecule has 0 bridgehead atoms. The molecule has 3 nitrogen and oxygen atoms in total. The van der Waals surface area contributed by atoms with Crippen LogP contribution in [0.4, 0.5) is 0 Å². The SMILES string of the molecule is CC1=C[C]([N+](=O)[O-])C=CC1c1ccccc1. The third-order valence-electron chi connectivity index (χ3n) is 2.70. The van der Waals surface area contributed by atoms with Crippen LogP contribution in [0.1, 0.15) is 18.4 Å². The lowest BCUT2D eigenvalue weighted by Gasteiger charge is -2.17. The van der Waals surface area contributed by atoms with E-state index in [2.05, 4.69) is 0 Å². The lowest BCUT2D eigenvalue weighted by atomic mass is 9.87. The number of nitro groups is 1. The van der Waals surface area contributed by atoms with Crippen molar-refractivity contribution in [2.24, 2.45) is 0 Å². The van der Waals surface area contributed by atoms with Gasteiger partial charge in [-0.2, -0.15) is 0 Å². The minimum Gasteiger partial charge on any atom is -0.263 e. The molecule has 0 fully saturated rings. The van der Waals surface area contributed by atoms with E-state index in [1.165, 1.54) is 0 Å². The first-order chi connectivity index (χ1) is 7.68. The lowest BCUT2D eigenvalue weighted by Crippen LogP contribution is -2.11. The Balaban J connectivity index is 2.26.